The quantitative estimate of drug-likeness (QED) is 0.716. The van der Waals surface area contributed by atoms with Crippen molar-refractivity contribution >= 4 is 14.0 Å². The van der Waals surface area contributed by atoms with Gasteiger partial charge in [-0.15, -0.1) is 10.2 Å². The van der Waals surface area contributed by atoms with Crippen LogP contribution in [-0.4, -0.2) is 49.2 Å². The Labute approximate surface area is 132 Å². The summed E-state index contributed by atoms with van der Waals surface area (Å²) in [6.07, 6.45) is 7.71. The average Bonchev–Trinajstić information content (AvgIpc) is 2.83. The van der Waals surface area contributed by atoms with Gasteiger partial charge in [-0.3, -0.25) is 0 Å². The molecule has 2 saturated heterocycles. The highest BCUT2D eigenvalue weighted by atomic mass is 31.2. The van der Waals surface area contributed by atoms with Crippen LogP contribution in [0.15, 0.2) is 0 Å². The Morgan fingerprint density at radius 2 is 1.77 bits per heavy atom. The summed E-state index contributed by atoms with van der Waals surface area (Å²) in [6, 6.07) is 1.27. The predicted octanol–water partition coefficient (Wildman–Crippen LogP) is 1.84. The summed E-state index contributed by atoms with van der Waals surface area (Å²) >= 11 is 0. The van der Waals surface area contributed by atoms with Crippen LogP contribution >= 0.6 is 8.02 Å². The summed E-state index contributed by atoms with van der Waals surface area (Å²) < 4.78 is 12.2. The van der Waals surface area contributed by atoms with Gasteiger partial charge in [0.15, 0.2) is 0 Å². The Balaban J connectivity index is 1.48. The Kier molecular flexibility index (Phi) is 3.94. The minimum absolute atomic E-state index is 0.0194. The second kappa shape index (κ2) is 5.67. The number of carbonyl (C=O) groups excluding carboxylic acids is 1. The third kappa shape index (κ3) is 2.59. The fourth-order valence-electron chi connectivity index (χ4n) is 4.40. The van der Waals surface area contributed by atoms with E-state index in [2.05, 4.69) is 29.2 Å². The second-order valence-electron chi connectivity index (χ2n) is 7.40. The minimum Gasteiger partial charge on any atom is -0.306 e. The predicted molar refractivity (Wildman–Crippen MR) is 85.0 cm³/mol. The largest absolute Gasteiger partial charge is 0.480 e. The summed E-state index contributed by atoms with van der Waals surface area (Å²) in [5, 5.41) is 7.06. The molecule has 2 saturated carbocycles. The number of rotatable bonds is 1. The maximum absolute atomic E-state index is 12.6. The van der Waals surface area contributed by atoms with Crippen LogP contribution in [0.1, 0.15) is 44.9 Å². The monoisotopic (exact) mass is 328 g/mol. The van der Waals surface area contributed by atoms with E-state index in [1.54, 1.807) is 0 Å². The molecule has 0 aromatic rings. The van der Waals surface area contributed by atoms with Crippen molar-refractivity contribution in [1.82, 2.24) is 15.1 Å². The lowest BCUT2D eigenvalue weighted by Gasteiger charge is -2.40. The van der Waals surface area contributed by atoms with Gasteiger partial charge in [-0.05, 0) is 46.2 Å². The molecular weight excluding hydrogens is 301 g/mol. The highest BCUT2D eigenvalue weighted by molar-refractivity contribution is 7.63. The van der Waals surface area contributed by atoms with E-state index in [1.807, 2.05) is 0 Å². The fourth-order valence-corrected chi connectivity index (χ4v) is 7.26. The zero-order chi connectivity index (χ0) is 15.3. The van der Waals surface area contributed by atoms with Gasteiger partial charge in [-0.2, -0.15) is 4.52 Å². The highest BCUT2D eigenvalue weighted by Crippen LogP contribution is 2.64. The van der Waals surface area contributed by atoms with E-state index in [4.69, 9.17) is 9.05 Å². The highest BCUT2D eigenvalue weighted by Gasteiger charge is 2.65. The molecule has 7 heteroatoms. The molecule has 6 nitrogen and oxygen atoms in total. The van der Waals surface area contributed by atoms with Gasteiger partial charge in [0.2, 0.25) is 0 Å². The molecule has 1 spiro atoms. The van der Waals surface area contributed by atoms with E-state index in [-0.39, 0.29) is 18.0 Å². The van der Waals surface area contributed by atoms with Gasteiger partial charge in [-0.25, -0.2) is 9.32 Å². The Morgan fingerprint density at radius 1 is 1.09 bits per heavy atom. The summed E-state index contributed by atoms with van der Waals surface area (Å²) in [5.74, 6) is -0.159. The third-order valence-electron chi connectivity index (χ3n) is 5.73. The third-order valence-corrected chi connectivity index (χ3v) is 8.08. The van der Waals surface area contributed by atoms with E-state index in [0.29, 0.717) is 18.1 Å². The Bertz CT molecular complexity index is 447. The van der Waals surface area contributed by atoms with Crippen molar-refractivity contribution in [2.45, 2.75) is 69.2 Å². The van der Waals surface area contributed by atoms with Gasteiger partial charge in [0, 0.05) is 6.04 Å². The molecule has 2 aliphatic heterocycles. The van der Waals surface area contributed by atoms with Crippen LogP contribution in [0.25, 0.3) is 0 Å². The van der Waals surface area contributed by atoms with E-state index >= 15 is 0 Å². The number of hydrogen-bond donors (Lipinski definition) is 2. The minimum atomic E-state index is -2.40. The summed E-state index contributed by atoms with van der Waals surface area (Å²) in [4.78, 5) is 14.8. The van der Waals surface area contributed by atoms with Crippen molar-refractivity contribution in [2.75, 3.05) is 14.1 Å². The first kappa shape index (κ1) is 15.3. The first-order valence-corrected chi connectivity index (χ1v) is 10.2. The standard InChI is InChI=1S/C15H27N3O3P/c1-18(2)10-7-8-14-11(9-10)15(19)21-22(20-14)16-12-5-3-4-6-13(12)17-22/h10-14,16-17H,3-9H2,1-2H3/q+1. The zero-order valence-corrected chi connectivity index (χ0v) is 14.4. The molecule has 5 unspecified atom stereocenters. The number of nitrogens with zero attached hydrogens (tertiary/aromatic N) is 1. The van der Waals surface area contributed by atoms with Crippen molar-refractivity contribution in [1.29, 1.82) is 0 Å². The van der Waals surface area contributed by atoms with E-state index in [9.17, 15) is 4.79 Å². The van der Waals surface area contributed by atoms with Gasteiger partial charge >= 0.3 is 14.0 Å². The topological polar surface area (TPSA) is 62.8 Å². The molecule has 0 aromatic carbocycles. The van der Waals surface area contributed by atoms with Gasteiger partial charge in [0.1, 0.15) is 6.10 Å². The van der Waals surface area contributed by atoms with Gasteiger partial charge in [0.05, 0.1) is 18.0 Å². The van der Waals surface area contributed by atoms with Crippen LogP contribution in [0, 0.1) is 5.92 Å². The smallest absolute Gasteiger partial charge is 0.306 e. The number of carbonyl (C=O) groups is 1. The molecule has 5 atom stereocenters. The lowest BCUT2D eigenvalue weighted by Crippen LogP contribution is -2.48. The van der Waals surface area contributed by atoms with Crippen molar-refractivity contribution in [3.8, 4) is 0 Å². The first-order valence-electron chi connectivity index (χ1n) is 8.59. The Hall–Kier alpha value is -0.260. The van der Waals surface area contributed by atoms with Gasteiger partial charge < -0.3 is 4.90 Å². The average molecular weight is 328 g/mol. The molecule has 4 aliphatic rings. The van der Waals surface area contributed by atoms with Crippen molar-refractivity contribution in [2.24, 2.45) is 5.92 Å². The van der Waals surface area contributed by atoms with Crippen LogP contribution in [0.2, 0.25) is 0 Å². The fraction of sp³-hybridized carbons (Fsp3) is 0.933. The number of nitrogens with one attached hydrogen (secondary N) is 2. The number of hydrogen-bond acceptors (Lipinski definition) is 6. The second-order valence-corrected chi connectivity index (χ2v) is 9.41. The van der Waals surface area contributed by atoms with Crippen LogP contribution in [0.4, 0.5) is 0 Å². The summed E-state index contributed by atoms with van der Waals surface area (Å²) in [7, 11) is 1.77. The molecule has 22 heavy (non-hydrogen) atoms. The molecule has 124 valence electrons. The van der Waals surface area contributed by atoms with Gasteiger partial charge in [0.25, 0.3) is 0 Å². The molecule has 0 amide bonds. The van der Waals surface area contributed by atoms with Crippen LogP contribution in [0.5, 0.6) is 0 Å². The lowest BCUT2D eigenvalue weighted by atomic mass is 9.83. The van der Waals surface area contributed by atoms with Crippen LogP contribution in [0.3, 0.4) is 0 Å². The SMILES string of the molecule is CN(C)C1CCC2O[P+]3(NC4CCCCC4N3)OC(=O)C2C1. The molecule has 4 fully saturated rings. The molecular formula is C15H27N3O3P+. The normalized spacial score (nSPS) is 48.1. The number of fused-ring (bicyclic) bond motifs is 2. The molecule has 0 aromatic heterocycles. The molecule has 0 bridgehead atoms. The maximum Gasteiger partial charge on any atom is 0.480 e. The molecule has 0 radical (unpaired) electrons. The van der Waals surface area contributed by atoms with E-state index in [0.717, 1.165) is 32.1 Å². The van der Waals surface area contributed by atoms with Crippen molar-refractivity contribution < 1.29 is 13.8 Å². The van der Waals surface area contributed by atoms with Crippen LogP contribution < -0.4 is 10.2 Å². The molecule has 2 aliphatic carbocycles. The Morgan fingerprint density at radius 3 is 2.41 bits per heavy atom. The first-order chi connectivity index (χ1) is 10.6. The molecule has 2 N–H and O–H groups in total. The summed E-state index contributed by atoms with van der Waals surface area (Å²) in [5.41, 5.74) is 0. The van der Waals surface area contributed by atoms with E-state index in [1.165, 1.54) is 12.8 Å². The summed E-state index contributed by atoms with van der Waals surface area (Å²) in [6.45, 7) is 0. The molecule has 4 rings (SSSR count). The van der Waals surface area contributed by atoms with Crippen molar-refractivity contribution in [3.05, 3.63) is 0 Å². The maximum atomic E-state index is 12.6. The van der Waals surface area contributed by atoms with E-state index < -0.39 is 8.02 Å². The molecule has 2 heterocycles. The lowest BCUT2D eigenvalue weighted by molar-refractivity contribution is -0.151. The zero-order valence-electron chi connectivity index (χ0n) is 13.5. The van der Waals surface area contributed by atoms with Crippen LogP contribution in [-0.2, 0) is 13.8 Å². The van der Waals surface area contributed by atoms with Gasteiger partial charge in [-0.1, -0.05) is 12.8 Å². The van der Waals surface area contributed by atoms with Crippen molar-refractivity contribution in [3.63, 3.8) is 0 Å².